The third-order valence-electron chi connectivity index (χ3n) is 12.8. The minimum atomic E-state index is -4.38. The second-order valence-corrected chi connectivity index (χ2v) is 22.1. The normalized spacial score (nSPS) is 13.4. The van der Waals surface area contributed by atoms with Gasteiger partial charge < -0.3 is 18.9 Å². The van der Waals surface area contributed by atoms with Crippen molar-refractivity contribution < 1.29 is 42.1 Å². The van der Waals surface area contributed by atoms with Gasteiger partial charge in [0.1, 0.15) is 19.8 Å². The molecule has 0 heterocycles. The number of hydrogen-bond donors (Lipinski definition) is 1. The number of phosphoric acid groups is 1. The van der Waals surface area contributed by atoms with E-state index in [1.807, 2.05) is 21.1 Å². The van der Waals surface area contributed by atoms with Crippen LogP contribution in [0.3, 0.4) is 0 Å². The number of allylic oxidation sites excluding steroid dienone is 2. The van der Waals surface area contributed by atoms with Gasteiger partial charge in [-0.2, -0.15) is 0 Å². The summed E-state index contributed by atoms with van der Waals surface area (Å²) in [5.41, 5.74) is 0. The van der Waals surface area contributed by atoms with Crippen molar-refractivity contribution >= 4 is 19.8 Å². The Kier molecular flexibility index (Phi) is 47.8. The lowest BCUT2D eigenvalue weighted by Crippen LogP contribution is -2.37. The first-order valence-corrected chi connectivity index (χ1v) is 29.9. The van der Waals surface area contributed by atoms with Crippen LogP contribution in [0.5, 0.6) is 0 Å². The van der Waals surface area contributed by atoms with E-state index in [0.29, 0.717) is 23.9 Å². The number of nitrogens with zero attached hydrogens (tertiary/aromatic N) is 1. The van der Waals surface area contributed by atoms with Crippen molar-refractivity contribution in [2.75, 3.05) is 47.5 Å². The van der Waals surface area contributed by atoms with E-state index < -0.39 is 26.5 Å². The number of carbonyl (C=O) groups is 2. The van der Waals surface area contributed by atoms with Gasteiger partial charge in [0.05, 0.1) is 27.7 Å². The number of rotatable bonds is 53. The number of phosphoric ester groups is 1. The monoisotopic (exact) mass is 957 g/mol. The molecule has 0 bridgehead atoms. The number of quaternary nitrogens is 1. The molecule has 0 rings (SSSR count). The molecule has 0 amide bonds. The fraction of sp³-hybridized carbons (Fsp3) is 0.929. The van der Waals surface area contributed by atoms with E-state index in [0.717, 1.165) is 32.1 Å². The minimum Gasteiger partial charge on any atom is -0.462 e. The van der Waals surface area contributed by atoms with E-state index >= 15 is 0 Å². The van der Waals surface area contributed by atoms with Crippen LogP contribution in [0, 0.1) is 0 Å². The van der Waals surface area contributed by atoms with Crippen molar-refractivity contribution in [3.63, 3.8) is 0 Å². The molecule has 0 aliphatic rings. The molecule has 66 heavy (non-hydrogen) atoms. The molecule has 392 valence electrons. The molecule has 2 unspecified atom stereocenters. The predicted molar refractivity (Wildman–Crippen MR) is 280 cm³/mol. The van der Waals surface area contributed by atoms with Crippen molar-refractivity contribution in [3.05, 3.63) is 12.2 Å². The number of hydrogen-bond acceptors (Lipinski definition) is 7. The summed E-state index contributed by atoms with van der Waals surface area (Å²) < 4.78 is 34.6. The SMILES string of the molecule is CCCCCCCCCC/C=C\CCCCCCCCCCCCCC(=O)OC(COC(=O)CCCCCCCCCCCCCCCCCCCCC)COP(=O)(O)OCC[N+](C)(C)C. The molecule has 0 aliphatic heterocycles. The summed E-state index contributed by atoms with van der Waals surface area (Å²) >= 11 is 0. The first-order valence-electron chi connectivity index (χ1n) is 28.4. The molecular formula is C56H111NO8P+. The van der Waals surface area contributed by atoms with Gasteiger partial charge in [0.2, 0.25) is 0 Å². The highest BCUT2D eigenvalue weighted by Crippen LogP contribution is 2.43. The fourth-order valence-electron chi connectivity index (χ4n) is 8.37. The van der Waals surface area contributed by atoms with E-state index in [-0.39, 0.29) is 25.6 Å². The Labute approximate surface area is 409 Å². The summed E-state index contributed by atoms with van der Waals surface area (Å²) in [7, 11) is 1.49. The Morgan fingerprint density at radius 3 is 1.12 bits per heavy atom. The molecule has 0 fully saturated rings. The van der Waals surface area contributed by atoms with Crippen LogP contribution in [0.2, 0.25) is 0 Å². The summed E-state index contributed by atoms with van der Waals surface area (Å²) in [5.74, 6) is -0.780. The zero-order valence-electron chi connectivity index (χ0n) is 44.5. The molecule has 0 spiro atoms. The van der Waals surface area contributed by atoms with E-state index in [4.69, 9.17) is 18.5 Å². The van der Waals surface area contributed by atoms with Crippen molar-refractivity contribution in [2.45, 2.75) is 290 Å². The molecular weight excluding hydrogens is 846 g/mol. The molecule has 0 aromatic carbocycles. The number of esters is 2. The minimum absolute atomic E-state index is 0.0354. The lowest BCUT2D eigenvalue weighted by atomic mass is 10.0. The predicted octanol–water partition coefficient (Wildman–Crippen LogP) is 17.3. The van der Waals surface area contributed by atoms with Crippen LogP contribution in [0.4, 0.5) is 0 Å². The Hall–Kier alpha value is -1.25. The van der Waals surface area contributed by atoms with E-state index in [1.165, 1.54) is 218 Å². The van der Waals surface area contributed by atoms with Crippen molar-refractivity contribution in [3.8, 4) is 0 Å². The molecule has 0 aliphatic carbocycles. The number of ether oxygens (including phenoxy) is 2. The molecule has 0 aromatic heterocycles. The summed E-state index contributed by atoms with van der Waals surface area (Å²) in [6.07, 6.45) is 55.6. The van der Waals surface area contributed by atoms with Gasteiger partial charge in [0.15, 0.2) is 6.10 Å². The van der Waals surface area contributed by atoms with E-state index in [1.54, 1.807) is 0 Å². The van der Waals surface area contributed by atoms with Crippen molar-refractivity contribution in [1.82, 2.24) is 0 Å². The Morgan fingerprint density at radius 1 is 0.455 bits per heavy atom. The topological polar surface area (TPSA) is 108 Å². The Balaban J connectivity index is 4.14. The number of unbranched alkanes of at least 4 members (excludes halogenated alkanes) is 37. The van der Waals surface area contributed by atoms with Gasteiger partial charge in [-0.15, -0.1) is 0 Å². The molecule has 9 nitrogen and oxygen atoms in total. The zero-order chi connectivity index (χ0) is 48.5. The summed E-state index contributed by atoms with van der Waals surface area (Å²) in [5, 5.41) is 0. The van der Waals surface area contributed by atoms with Gasteiger partial charge in [-0.25, -0.2) is 4.57 Å². The maximum absolute atomic E-state index is 12.8. The Morgan fingerprint density at radius 2 is 0.773 bits per heavy atom. The number of carbonyl (C=O) groups excluding carboxylic acids is 2. The average Bonchev–Trinajstić information content (AvgIpc) is 3.27. The second-order valence-electron chi connectivity index (χ2n) is 20.7. The smallest absolute Gasteiger partial charge is 0.462 e. The maximum atomic E-state index is 12.8. The lowest BCUT2D eigenvalue weighted by molar-refractivity contribution is -0.870. The van der Waals surface area contributed by atoms with Crippen LogP contribution in [0.1, 0.15) is 284 Å². The largest absolute Gasteiger partial charge is 0.472 e. The third-order valence-corrected chi connectivity index (χ3v) is 13.8. The van der Waals surface area contributed by atoms with Gasteiger partial charge in [-0.05, 0) is 38.5 Å². The molecule has 10 heteroatoms. The van der Waals surface area contributed by atoms with E-state index in [9.17, 15) is 19.0 Å². The van der Waals surface area contributed by atoms with Gasteiger partial charge in [0, 0.05) is 12.8 Å². The fourth-order valence-corrected chi connectivity index (χ4v) is 9.11. The van der Waals surface area contributed by atoms with Crippen LogP contribution >= 0.6 is 7.82 Å². The first-order chi connectivity index (χ1) is 32.0. The second kappa shape index (κ2) is 48.8. The number of likely N-dealkylation sites (N-methyl/N-ethyl adjacent to an activating group) is 1. The third kappa shape index (κ3) is 52.1. The summed E-state index contributed by atoms with van der Waals surface area (Å²) in [6.45, 7) is 4.49. The van der Waals surface area contributed by atoms with Gasteiger partial charge in [-0.1, -0.05) is 244 Å². The van der Waals surface area contributed by atoms with Crippen molar-refractivity contribution in [1.29, 1.82) is 0 Å². The quantitative estimate of drug-likeness (QED) is 0.0211. The summed E-state index contributed by atoms with van der Waals surface area (Å²) in [6, 6.07) is 0. The van der Waals surface area contributed by atoms with Crippen LogP contribution in [-0.4, -0.2) is 74.9 Å². The standard InChI is InChI=1S/C56H110NO8P/c1-6-8-10-12-14-16-18-20-22-24-26-27-28-29-31-33-35-37-39-41-43-45-47-49-56(59)65-54(53-64-66(60,61)63-51-50-57(3,4)5)52-62-55(58)48-46-44-42-40-38-36-34-32-30-25-23-21-19-17-15-13-11-9-7-2/h24,26,54H,6-23,25,27-53H2,1-5H3/p+1/b26-24-. The highest BCUT2D eigenvalue weighted by atomic mass is 31.2. The molecule has 0 radical (unpaired) electrons. The van der Waals surface area contributed by atoms with Gasteiger partial charge >= 0.3 is 19.8 Å². The van der Waals surface area contributed by atoms with Gasteiger partial charge in [0.25, 0.3) is 0 Å². The van der Waals surface area contributed by atoms with Crippen LogP contribution in [0.15, 0.2) is 12.2 Å². The molecule has 0 saturated heterocycles. The molecule has 2 atom stereocenters. The summed E-state index contributed by atoms with van der Waals surface area (Å²) in [4.78, 5) is 35.6. The highest BCUT2D eigenvalue weighted by molar-refractivity contribution is 7.47. The van der Waals surface area contributed by atoms with Crippen LogP contribution < -0.4 is 0 Å². The average molecular weight is 957 g/mol. The van der Waals surface area contributed by atoms with Crippen molar-refractivity contribution in [2.24, 2.45) is 0 Å². The zero-order valence-corrected chi connectivity index (χ0v) is 45.4. The van der Waals surface area contributed by atoms with Crippen LogP contribution in [0.25, 0.3) is 0 Å². The molecule has 0 saturated carbocycles. The lowest BCUT2D eigenvalue weighted by Gasteiger charge is -2.24. The van der Waals surface area contributed by atoms with Crippen LogP contribution in [-0.2, 0) is 32.7 Å². The van der Waals surface area contributed by atoms with Gasteiger partial charge in [-0.3, -0.25) is 18.6 Å². The molecule has 1 N–H and O–H groups in total. The maximum Gasteiger partial charge on any atom is 0.472 e. The van der Waals surface area contributed by atoms with E-state index in [2.05, 4.69) is 26.0 Å². The highest BCUT2D eigenvalue weighted by Gasteiger charge is 2.27. The Bertz CT molecular complexity index is 1130. The first kappa shape index (κ1) is 64.8. The molecule has 0 aromatic rings.